The van der Waals surface area contributed by atoms with E-state index >= 15 is 0 Å². The predicted molar refractivity (Wildman–Crippen MR) is 139 cm³/mol. The molecule has 0 bridgehead atoms. The number of para-hydroxylation sites is 1. The molecule has 8 nitrogen and oxygen atoms in total. The number of amides is 2. The van der Waals surface area contributed by atoms with Gasteiger partial charge in [0.2, 0.25) is 0 Å². The first-order valence-corrected chi connectivity index (χ1v) is 12.2. The number of ether oxygens (including phenoxy) is 3. The molecule has 1 heterocycles. The van der Waals surface area contributed by atoms with E-state index in [9.17, 15) is 14.4 Å². The number of rotatable bonds is 10. The van der Waals surface area contributed by atoms with Crippen LogP contribution in [0.5, 0.6) is 5.75 Å². The minimum absolute atomic E-state index is 0.103. The van der Waals surface area contributed by atoms with Crippen LogP contribution >= 0.6 is 11.6 Å². The molecule has 0 atom stereocenters. The summed E-state index contributed by atoms with van der Waals surface area (Å²) in [6.45, 7) is 6.24. The van der Waals surface area contributed by atoms with Gasteiger partial charge in [-0.05, 0) is 50.8 Å². The molecule has 0 spiro atoms. The van der Waals surface area contributed by atoms with Crippen LogP contribution in [0.1, 0.15) is 60.2 Å². The molecule has 2 amide bonds. The van der Waals surface area contributed by atoms with Gasteiger partial charge in [0.1, 0.15) is 12.4 Å². The molecule has 1 aliphatic rings. The fraction of sp³-hybridized carbons (Fsp3) is 0.370. The lowest BCUT2D eigenvalue weighted by atomic mass is 9.93. The molecule has 2 N–H and O–H groups in total. The number of nitrogens with one attached hydrogen (secondary N) is 2. The Morgan fingerprint density at radius 2 is 1.94 bits per heavy atom. The summed E-state index contributed by atoms with van der Waals surface area (Å²) < 4.78 is 16.1. The van der Waals surface area contributed by atoms with E-state index in [-0.39, 0.29) is 19.0 Å². The lowest BCUT2D eigenvalue weighted by molar-refractivity contribution is -0.143. The van der Waals surface area contributed by atoms with Crippen molar-refractivity contribution < 1.29 is 28.6 Å². The Kier molecular flexibility index (Phi) is 9.36. The van der Waals surface area contributed by atoms with Crippen molar-refractivity contribution in [1.82, 2.24) is 0 Å². The van der Waals surface area contributed by atoms with Crippen LogP contribution in [-0.4, -0.2) is 31.7 Å². The highest BCUT2D eigenvalue weighted by Crippen LogP contribution is 2.41. The van der Waals surface area contributed by atoms with Crippen molar-refractivity contribution in [1.29, 1.82) is 0 Å². The normalized spacial score (nSPS) is 12.6. The third-order valence-electron chi connectivity index (χ3n) is 5.88. The van der Waals surface area contributed by atoms with Gasteiger partial charge >= 0.3 is 18.0 Å². The average Bonchev–Trinajstić information content (AvgIpc) is 3.25. The molecule has 192 valence electrons. The first-order valence-electron chi connectivity index (χ1n) is 11.8. The molecule has 3 rings (SSSR count). The van der Waals surface area contributed by atoms with Crippen LogP contribution < -0.4 is 15.4 Å². The van der Waals surface area contributed by atoms with E-state index in [0.717, 1.165) is 17.6 Å². The summed E-state index contributed by atoms with van der Waals surface area (Å²) in [4.78, 5) is 37.5. The number of allylic oxidation sites excluding steroid dienone is 2. The Hall–Kier alpha value is -3.52. The first kappa shape index (κ1) is 27.1. The molecule has 9 heteroatoms. The summed E-state index contributed by atoms with van der Waals surface area (Å²) in [6, 6.07) is 6.29. The first-order chi connectivity index (χ1) is 17.3. The number of cyclic esters (lactones) is 1. The van der Waals surface area contributed by atoms with E-state index < -0.39 is 12.0 Å². The number of carbonyl (C=O) groups excluding carboxylic acids is 3. The van der Waals surface area contributed by atoms with Crippen molar-refractivity contribution in [2.24, 2.45) is 0 Å². The summed E-state index contributed by atoms with van der Waals surface area (Å²) in [5.41, 5.74) is 4.13. The Bertz CT molecular complexity index is 1190. The summed E-state index contributed by atoms with van der Waals surface area (Å²) in [5, 5.41) is 5.92. The molecule has 0 aliphatic carbocycles. The largest absolute Gasteiger partial charge is 0.496 e. The zero-order valence-electron chi connectivity index (χ0n) is 21.0. The fourth-order valence-electron chi connectivity index (χ4n) is 3.99. The van der Waals surface area contributed by atoms with Gasteiger partial charge in [0.15, 0.2) is 0 Å². The highest BCUT2D eigenvalue weighted by molar-refractivity contribution is 6.33. The summed E-state index contributed by atoms with van der Waals surface area (Å²) in [7, 11) is 1.55. The van der Waals surface area contributed by atoms with E-state index in [4.69, 9.17) is 25.8 Å². The van der Waals surface area contributed by atoms with Gasteiger partial charge in [0.05, 0.1) is 35.7 Å². The summed E-state index contributed by atoms with van der Waals surface area (Å²) in [5.74, 6) is -0.187. The lowest BCUT2D eigenvalue weighted by Gasteiger charge is -2.20. The Morgan fingerprint density at radius 1 is 1.19 bits per heavy atom. The molecular formula is C27H31ClN2O6. The number of benzene rings is 2. The van der Waals surface area contributed by atoms with E-state index in [2.05, 4.69) is 10.6 Å². The molecule has 2 aromatic rings. The van der Waals surface area contributed by atoms with Gasteiger partial charge < -0.3 is 24.8 Å². The smallest absolute Gasteiger partial charge is 0.341 e. The summed E-state index contributed by atoms with van der Waals surface area (Å²) >= 11 is 6.18. The van der Waals surface area contributed by atoms with Gasteiger partial charge in [-0.1, -0.05) is 42.3 Å². The third kappa shape index (κ3) is 6.37. The number of carbonyl (C=O) groups is 3. The second-order valence-electron chi connectivity index (χ2n) is 8.48. The van der Waals surface area contributed by atoms with Crippen molar-refractivity contribution >= 4 is 40.9 Å². The topological polar surface area (TPSA) is 103 Å². The molecular weight excluding hydrogens is 484 g/mol. The van der Waals surface area contributed by atoms with E-state index in [1.807, 2.05) is 26.8 Å². The fourth-order valence-corrected chi connectivity index (χ4v) is 4.17. The van der Waals surface area contributed by atoms with Gasteiger partial charge in [-0.2, -0.15) is 0 Å². The molecule has 0 radical (unpaired) electrons. The number of halogens is 1. The van der Waals surface area contributed by atoms with Crippen LogP contribution in [0.3, 0.4) is 0 Å². The molecule has 0 fully saturated rings. The minimum Gasteiger partial charge on any atom is -0.496 e. The van der Waals surface area contributed by atoms with Gasteiger partial charge in [0.25, 0.3) is 0 Å². The van der Waals surface area contributed by atoms with Crippen LogP contribution in [0.25, 0.3) is 0 Å². The molecule has 1 aliphatic heterocycles. The number of fused-ring (bicyclic) bond motifs is 1. The second-order valence-corrected chi connectivity index (χ2v) is 8.88. The molecule has 36 heavy (non-hydrogen) atoms. The van der Waals surface area contributed by atoms with Crippen LogP contribution in [0, 0.1) is 6.92 Å². The zero-order chi connectivity index (χ0) is 26.2. The van der Waals surface area contributed by atoms with Crippen LogP contribution in [0.15, 0.2) is 35.9 Å². The molecule has 0 unspecified atom stereocenters. The Balaban J connectivity index is 1.91. The minimum atomic E-state index is -0.559. The number of anilines is 2. The van der Waals surface area contributed by atoms with E-state index in [1.54, 1.807) is 31.4 Å². The van der Waals surface area contributed by atoms with Gasteiger partial charge in [-0.3, -0.25) is 4.79 Å². The third-order valence-corrected chi connectivity index (χ3v) is 6.21. The average molecular weight is 515 g/mol. The van der Waals surface area contributed by atoms with Gasteiger partial charge in [-0.25, -0.2) is 9.59 Å². The monoisotopic (exact) mass is 514 g/mol. The molecule has 0 saturated heterocycles. The quantitative estimate of drug-likeness (QED) is 0.289. The van der Waals surface area contributed by atoms with Crippen LogP contribution in [-0.2, 0) is 27.3 Å². The van der Waals surface area contributed by atoms with Crippen molar-refractivity contribution in [3.05, 3.63) is 63.2 Å². The van der Waals surface area contributed by atoms with Gasteiger partial charge in [-0.15, -0.1) is 0 Å². The maximum atomic E-state index is 12.9. The maximum Gasteiger partial charge on any atom is 0.341 e. The number of urea groups is 1. The number of esters is 2. The number of methoxy groups -OCH3 is 1. The summed E-state index contributed by atoms with van der Waals surface area (Å²) in [6.07, 6.45) is 3.91. The highest BCUT2D eigenvalue weighted by Gasteiger charge is 2.32. The maximum absolute atomic E-state index is 12.9. The lowest BCUT2D eigenvalue weighted by Crippen LogP contribution is -2.22. The number of hydrogen-bond donors (Lipinski definition) is 2. The Morgan fingerprint density at radius 3 is 2.64 bits per heavy atom. The highest BCUT2D eigenvalue weighted by atomic mass is 35.5. The van der Waals surface area contributed by atoms with Gasteiger partial charge in [0, 0.05) is 17.5 Å². The molecule has 2 aromatic carbocycles. The van der Waals surface area contributed by atoms with Crippen molar-refractivity contribution in [2.45, 2.75) is 53.1 Å². The predicted octanol–water partition coefficient (Wildman–Crippen LogP) is 6.19. The van der Waals surface area contributed by atoms with Crippen molar-refractivity contribution in [3.8, 4) is 5.75 Å². The standard InChI is InChI=1S/C27H31ClN2O6/c1-5-14-35-22(31)13-11-16(2)10-12-18-24(30-27(33)29-21-9-7-6-8-20(21)28)23-19(15-36-26(23)32)17(3)25(18)34-4/h6-10H,5,11-15H2,1-4H3,(H2,29,30,33). The van der Waals surface area contributed by atoms with E-state index in [1.165, 1.54) is 0 Å². The molecule has 0 saturated carbocycles. The second kappa shape index (κ2) is 12.4. The van der Waals surface area contributed by atoms with E-state index in [0.29, 0.717) is 58.3 Å². The zero-order valence-corrected chi connectivity index (χ0v) is 21.7. The van der Waals surface area contributed by atoms with Crippen LogP contribution in [0.2, 0.25) is 5.02 Å². The SMILES string of the molecule is CCCOC(=O)CCC(C)=CCc1c(NC(=O)Nc2ccccc2Cl)c2c(c(C)c1OC)COC2=O. The van der Waals surface area contributed by atoms with Crippen molar-refractivity contribution in [3.63, 3.8) is 0 Å². The molecule has 0 aromatic heterocycles. The number of hydrogen-bond acceptors (Lipinski definition) is 6. The Labute approximate surface area is 215 Å². The van der Waals surface area contributed by atoms with Crippen LogP contribution in [0.4, 0.5) is 16.2 Å². The van der Waals surface area contributed by atoms with Crippen molar-refractivity contribution in [2.75, 3.05) is 24.4 Å².